The Bertz CT molecular complexity index is 768. The summed E-state index contributed by atoms with van der Waals surface area (Å²) in [4.78, 5) is 50.4. The summed E-state index contributed by atoms with van der Waals surface area (Å²) in [7, 11) is 0. The highest BCUT2D eigenvalue weighted by Crippen LogP contribution is 2.61. The zero-order valence-corrected chi connectivity index (χ0v) is 18.3. The minimum atomic E-state index is -0.845. The Morgan fingerprint density at radius 1 is 1.10 bits per heavy atom. The Morgan fingerprint density at radius 3 is 2.26 bits per heavy atom. The SMILES string of the molecule is C[C@@H](NC(=O)COC(=O)CN1C(=O)NC2(CCCC2)C1=O)C12CC3CC(CC(C3)C1)C2. The van der Waals surface area contributed by atoms with Crippen molar-refractivity contribution in [2.75, 3.05) is 13.2 Å². The van der Waals surface area contributed by atoms with E-state index in [4.69, 9.17) is 4.74 Å². The van der Waals surface area contributed by atoms with E-state index in [0.29, 0.717) is 12.8 Å². The molecule has 6 rings (SSSR count). The van der Waals surface area contributed by atoms with Gasteiger partial charge in [-0.05, 0) is 81.5 Å². The Labute approximate surface area is 182 Å². The number of amides is 4. The molecule has 0 unspecified atom stereocenters. The van der Waals surface area contributed by atoms with Crippen molar-refractivity contribution in [2.45, 2.75) is 82.7 Å². The number of nitrogens with zero attached hydrogens (tertiary/aromatic N) is 1. The second-order valence-electron chi connectivity index (χ2n) is 10.8. The molecule has 31 heavy (non-hydrogen) atoms. The quantitative estimate of drug-likeness (QED) is 0.495. The second kappa shape index (κ2) is 7.48. The van der Waals surface area contributed by atoms with Gasteiger partial charge in [0.15, 0.2) is 6.61 Å². The van der Waals surface area contributed by atoms with Crippen molar-refractivity contribution in [3.63, 3.8) is 0 Å². The van der Waals surface area contributed by atoms with E-state index >= 15 is 0 Å². The first kappa shape index (κ1) is 20.8. The topological polar surface area (TPSA) is 105 Å². The molecule has 1 saturated heterocycles. The summed E-state index contributed by atoms with van der Waals surface area (Å²) in [6.45, 7) is 1.25. The molecule has 0 radical (unpaired) electrons. The van der Waals surface area contributed by atoms with Gasteiger partial charge in [-0.25, -0.2) is 4.79 Å². The van der Waals surface area contributed by atoms with Crippen LogP contribution in [0.15, 0.2) is 0 Å². The first-order valence-corrected chi connectivity index (χ1v) is 11.9. The van der Waals surface area contributed by atoms with E-state index in [1.165, 1.54) is 38.5 Å². The van der Waals surface area contributed by atoms with E-state index < -0.39 is 24.1 Å². The van der Waals surface area contributed by atoms with Gasteiger partial charge in [0, 0.05) is 6.04 Å². The third-order valence-corrected chi connectivity index (χ3v) is 8.74. The Balaban J connectivity index is 1.10. The van der Waals surface area contributed by atoms with Gasteiger partial charge >= 0.3 is 12.0 Å². The number of ether oxygens (including phenoxy) is 1. The van der Waals surface area contributed by atoms with E-state index in [9.17, 15) is 19.2 Å². The van der Waals surface area contributed by atoms with Crippen LogP contribution >= 0.6 is 0 Å². The first-order valence-electron chi connectivity index (χ1n) is 11.9. The number of rotatable bonds is 6. The molecule has 5 saturated carbocycles. The number of carbonyl (C=O) groups excluding carboxylic acids is 4. The highest BCUT2D eigenvalue weighted by Gasteiger charge is 2.54. The summed E-state index contributed by atoms with van der Waals surface area (Å²) in [6.07, 6.45) is 10.6. The fourth-order valence-corrected chi connectivity index (χ4v) is 7.60. The molecule has 0 aromatic carbocycles. The summed E-state index contributed by atoms with van der Waals surface area (Å²) in [5, 5.41) is 5.81. The maximum absolute atomic E-state index is 12.6. The highest BCUT2D eigenvalue weighted by atomic mass is 16.5. The minimum absolute atomic E-state index is 0.0558. The van der Waals surface area contributed by atoms with Gasteiger partial charge in [0.1, 0.15) is 12.1 Å². The molecule has 170 valence electrons. The summed E-state index contributed by atoms with van der Waals surface area (Å²) in [5.74, 6) is 0.992. The standard InChI is InChI=1S/C23H33N3O5/c1-14(22-9-15-6-16(10-22)8-17(7-15)11-22)24-18(27)13-31-19(28)12-26-20(29)23(25-21(26)30)4-2-3-5-23/h14-17H,2-13H2,1H3,(H,24,27)(H,25,30)/t14-,15?,16?,17?,22?/m1/s1. The second-order valence-corrected chi connectivity index (χ2v) is 10.8. The number of esters is 1. The van der Waals surface area contributed by atoms with Crippen LogP contribution in [-0.2, 0) is 19.1 Å². The Morgan fingerprint density at radius 2 is 1.68 bits per heavy atom. The zero-order chi connectivity index (χ0) is 21.8. The van der Waals surface area contributed by atoms with Gasteiger partial charge in [-0.15, -0.1) is 0 Å². The lowest BCUT2D eigenvalue weighted by molar-refractivity contribution is -0.151. The molecule has 1 spiro atoms. The predicted molar refractivity (Wildman–Crippen MR) is 111 cm³/mol. The van der Waals surface area contributed by atoms with Crippen LogP contribution in [0.25, 0.3) is 0 Å². The summed E-state index contributed by atoms with van der Waals surface area (Å²) < 4.78 is 5.11. The number of nitrogens with one attached hydrogen (secondary N) is 2. The van der Waals surface area contributed by atoms with Gasteiger partial charge in [0.05, 0.1) is 0 Å². The maximum Gasteiger partial charge on any atom is 0.326 e. The van der Waals surface area contributed by atoms with Gasteiger partial charge < -0.3 is 15.4 Å². The largest absolute Gasteiger partial charge is 0.454 e. The monoisotopic (exact) mass is 431 g/mol. The minimum Gasteiger partial charge on any atom is -0.454 e. The van der Waals surface area contributed by atoms with Gasteiger partial charge in [0.25, 0.3) is 11.8 Å². The van der Waals surface area contributed by atoms with E-state index in [0.717, 1.165) is 35.5 Å². The molecule has 8 heteroatoms. The molecule has 4 bridgehead atoms. The Hall–Kier alpha value is -2.12. The number of hydrogen-bond donors (Lipinski definition) is 2. The van der Waals surface area contributed by atoms with Crippen molar-refractivity contribution in [3.8, 4) is 0 Å². The van der Waals surface area contributed by atoms with E-state index in [2.05, 4.69) is 17.6 Å². The molecule has 2 N–H and O–H groups in total. The van der Waals surface area contributed by atoms with Gasteiger partial charge in [0.2, 0.25) is 0 Å². The molecular formula is C23H33N3O5. The van der Waals surface area contributed by atoms with Crippen molar-refractivity contribution < 1.29 is 23.9 Å². The lowest BCUT2D eigenvalue weighted by Gasteiger charge is -2.59. The molecule has 8 nitrogen and oxygen atoms in total. The average Bonchev–Trinajstić information content (AvgIpc) is 3.26. The van der Waals surface area contributed by atoms with Gasteiger partial charge in [-0.2, -0.15) is 0 Å². The maximum atomic E-state index is 12.6. The van der Waals surface area contributed by atoms with Crippen LogP contribution in [0.4, 0.5) is 4.79 Å². The smallest absolute Gasteiger partial charge is 0.326 e. The Kier molecular flexibility index (Phi) is 5.01. The number of hydrogen-bond acceptors (Lipinski definition) is 5. The normalized spacial score (nSPS) is 36.0. The van der Waals surface area contributed by atoms with E-state index in [-0.39, 0.29) is 29.9 Å². The molecule has 1 atom stereocenters. The zero-order valence-electron chi connectivity index (χ0n) is 18.3. The predicted octanol–water partition coefficient (Wildman–Crippen LogP) is 2.12. The van der Waals surface area contributed by atoms with Crippen LogP contribution in [0.3, 0.4) is 0 Å². The van der Waals surface area contributed by atoms with E-state index in [1.807, 2.05) is 0 Å². The third-order valence-electron chi connectivity index (χ3n) is 8.74. The van der Waals surface area contributed by atoms with Crippen molar-refractivity contribution in [1.82, 2.24) is 15.5 Å². The van der Waals surface area contributed by atoms with Crippen LogP contribution in [0.5, 0.6) is 0 Å². The first-order chi connectivity index (χ1) is 14.8. The van der Waals surface area contributed by atoms with E-state index in [1.54, 1.807) is 0 Å². The van der Waals surface area contributed by atoms with Crippen molar-refractivity contribution in [1.29, 1.82) is 0 Å². The molecule has 4 amide bonds. The molecular weight excluding hydrogens is 398 g/mol. The summed E-state index contributed by atoms with van der Waals surface area (Å²) in [6, 6.07) is -0.496. The van der Waals surface area contributed by atoms with Crippen LogP contribution in [0.1, 0.15) is 71.1 Å². The van der Waals surface area contributed by atoms with Crippen molar-refractivity contribution in [3.05, 3.63) is 0 Å². The van der Waals surface area contributed by atoms with Crippen LogP contribution < -0.4 is 10.6 Å². The lowest BCUT2D eigenvalue weighted by atomic mass is 9.48. The van der Waals surface area contributed by atoms with Gasteiger partial charge in [-0.1, -0.05) is 12.8 Å². The molecule has 1 heterocycles. The van der Waals surface area contributed by atoms with Crippen LogP contribution in [-0.4, -0.2) is 53.4 Å². The third kappa shape index (κ3) is 3.61. The molecule has 0 aromatic heterocycles. The number of imide groups is 1. The van der Waals surface area contributed by atoms with Crippen molar-refractivity contribution in [2.24, 2.45) is 23.2 Å². The molecule has 6 fully saturated rings. The lowest BCUT2D eigenvalue weighted by Crippen LogP contribution is -2.56. The molecule has 1 aliphatic heterocycles. The fraction of sp³-hybridized carbons (Fsp3) is 0.826. The molecule has 6 aliphatic rings. The summed E-state index contributed by atoms with van der Waals surface area (Å²) in [5.41, 5.74) is -0.661. The number of carbonyl (C=O) groups is 4. The van der Waals surface area contributed by atoms with Crippen LogP contribution in [0.2, 0.25) is 0 Å². The van der Waals surface area contributed by atoms with Crippen LogP contribution in [0, 0.1) is 23.2 Å². The summed E-state index contributed by atoms with van der Waals surface area (Å²) >= 11 is 0. The molecule has 5 aliphatic carbocycles. The average molecular weight is 432 g/mol. The molecule has 0 aromatic rings. The fourth-order valence-electron chi connectivity index (χ4n) is 7.60. The highest BCUT2D eigenvalue weighted by molar-refractivity contribution is 6.08. The van der Waals surface area contributed by atoms with Gasteiger partial charge in [-0.3, -0.25) is 19.3 Å². The number of urea groups is 1. The van der Waals surface area contributed by atoms with Crippen molar-refractivity contribution >= 4 is 23.8 Å².